The van der Waals surface area contributed by atoms with Crippen LogP contribution in [0.4, 0.5) is 0 Å². The summed E-state index contributed by atoms with van der Waals surface area (Å²) in [7, 11) is 0. The molecule has 1 aromatic rings. The van der Waals surface area contributed by atoms with Gasteiger partial charge in [-0.2, -0.15) is 0 Å². The number of carbonyl (C=O) groups is 1. The van der Waals surface area contributed by atoms with Crippen LogP contribution < -0.4 is 10.6 Å². The molecule has 94 valence electrons. The van der Waals surface area contributed by atoms with Gasteiger partial charge in [0.1, 0.15) is 5.54 Å². The summed E-state index contributed by atoms with van der Waals surface area (Å²) in [6.45, 7) is 4.45. The fraction of sp³-hybridized carbons (Fsp3) is 0.429. The van der Waals surface area contributed by atoms with E-state index in [1.54, 1.807) is 0 Å². The number of nitrogens with one attached hydrogen (secondary N) is 2. The lowest BCUT2D eigenvalue weighted by Gasteiger charge is -2.41. The maximum atomic E-state index is 12.3. The summed E-state index contributed by atoms with van der Waals surface area (Å²) in [6.07, 6.45) is 1.75. The minimum atomic E-state index is -0.650. The standard InChI is InChI=1S/C14H16N2OS/c1-13(2)7-8-14(11(17)15-12(18)16-14)10-6-4-3-5-9(10)13/h3-6H,7-8H2,1-2H3,(H2,15,16,17,18). The molecule has 0 radical (unpaired) electrons. The zero-order valence-corrected chi connectivity index (χ0v) is 11.4. The van der Waals surface area contributed by atoms with Gasteiger partial charge in [0.2, 0.25) is 0 Å². The Kier molecular flexibility index (Phi) is 2.29. The Morgan fingerprint density at radius 1 is 1.17 bits per heavy atom. The van der Waals surface area contributed by atoms with Crippen molar-refractivity contribution in [3.05, 3.63) is 35.4 Å². The fourth-order valence-corrected chi connectivity index (χ4v) is 3.34. The van der Waals surface area contributed by atoms with E-state index in [2.05, 4.69) is 30.5 Å². The Hall–Kier alpha value is -1.42. The molecule has 18 heavy (non-hydrogen) atoms. The van der Waals surface area contributed by atoms with Crippen molar-refractivity contribution in [2.45, 2.75) is 37.6 Å². The van der Waals surface area contributed by atoms with Gasteiger partial charge in [-0.15, -0.1) is 0 Å². The molecule has 1 fully saturated rings. The minimum absolute atomic E-state index is 0.0181. The Morgan fingerprint density at radius 3 is 2.44 bits per heavy atom. The molecule has 1 spiro atoms. The first-order valence-electron chi connectivity index (χ1n) is 6.19. The van der Waals surface area contributed by atoms with E-state index in [0.717, 1.165) is 18.4 Å². The maximum Gasteiger partial charge on any atom is 0.256 e. The zero-order valence-electron chi connectivity index (χ0n) is 10.5. The van der Waals surface area contributed by atoms with Crippen LogP contribution in [0.2, 0.25) is 0 Å². The van der Waals surface area contributed by atoms with Crippen LogP contribution in [-0.2, 0) is 15.7 Å². The molecule has 1 atom stereocenters. The largest absolute Gasteiger partial charge is 0.344 e. The minimum Gasteiger partial charge on any atom is -0.344 e. The zero-order chi connectivity index (χ0) is 13.0. The topological polar surface area (TPSA) is 41.1 Å². The average molecular weight is 260 g/mol. The van der Waals surface area contributed by atoms with Gasteiger partial charge in [0.15, 0.2) is 5.11 Å². The van der Waals surface area contributed by atoms with Gasteiger partial charge in [0.25, 0.3) is 5.91 Å². The fourth-order valence-electron chi connectivity index (χ4n) is 3.07. The van der Waals surface area contributed by atoms with Crippen molar-refractivity contribution in [3.63, 3.8) is 0 Å². The van der Waals surface area contributed by atoms with Crippen LogP contribution in [-0.4, -0.2) is 11.0 Å². The highest BCUT2D eigenvalue weighted by molar-refractivity contribution is 7.80. The quantitative estimate of drug-likeness (QED) is 0.701. The third-order valence-electron chi connectivity index (χ3n) is 4.18. The molecular weight excluding hydrogens is 244 g/mol. The Labute approximate surface area is 112 Å². The lowest BCUT2D eigenvalue weighted by Crippen LogP contribution is -2.49. The molecule has 0 aromatic heterocycles. The van der Waals surface area contributed by atoms with E-state index in [4.69, 9.17) is 12.2 Å². The Bertz CT molecular complexity index is 552. The van der Waals surface area contributed by atoms with Gasteiger partial charge in [-0.05, 0) is 41.6 Å². The molecule has 1 aliphatic heterocycles. The summed E-state index contributed by atoms with van der Waals surface area (Å²) >= 11 is 5.09. The molecule has 0 saturated carbocycles. The number of thiocarbonyl (C=S) groups is 1. The molecule has 2 aliphatic rings. The molecule has 1 unspecified atom stereocenters. The smallest absolute Gasteiger partial charge is 0.256 e. The van der Waals surface area contributed by atoms with E-state index in [1.807, 2.05) is 18.2 Å². The van der Waals surface area contributed by atoms with E-state index in [1.165, 1.54) is 5.56 Å². The second-order valence-corrected chi connectivity index (χ2v) is 6.15. The van der Waals surface area contributed by atoms with Gasteiger partial charge >= 0.3 is 0 Å². The molecule has 3 rings (SSSR count). The van der Waals surface area contributed by atoms with Crippen molar-refractivity contribution in [1.29, 1.82) is 0 Å². The summed E-state index contributed by atoms with van der Waals surface area (Å²) in [5, 5.41) is 6.35. The molecular formula is C14H16N2OS. The molecule has 1 heterocycles. The van der Waals surface area contributed by atoms with Gasteiger partial charge in [0, 0.05) is 0 Å². The van der Waals surface area contributed by atoms with Crippen LogP contribution in [0.1, 0.15) is 37.8 Å². The molecule has 2 N–H and O–H groups in total. The van der Waals surface area contributed by atoms with E-state index < -0.39 is 5.54 Å². The van der Waals surface area contributed by atoms with Crippen molar-refractivity contribution in [3.8, 4) is 0 Å². The second kappa shape index (κ2) is 3.54. The van der Waals surface area contributed by atoms with Crippen LogP contribution in [0, 0.1) is 0 Å². The first kappa shape index (κ1) is 11.7. The number of fused-ring (bicyclic) bond motifs is 2. The van der Waals surface area contributed by atoms with E-state index in [0.29, 0.717) is 5.11 Å². The van der Waals surface area contributed by atoms with Crippen LogP contribution in [0.25, 0.3) is 0 Å². The van der Waals surface area contributed by atoms with Gasteiger partial charge < -0.3 is 10.6 Å². The van der Waals surface area contributed by atoms with E-state index >= 15 is 0 Å². The van der Waals surface area contributed by atoms with Crippen molar-refractivity contribution in [2.24, 2.45) is 0 Å². The molecule has 1 saturated heterocycles. The van der Waals surface area contributed by atoms with Crippen LogP contribution in [0.15, 0.2) is 24.3 Å². The highest BCUT2D eigenvalue weighted by Gasteiger charge is 2.51. The number of amides is 1. The monoisotopic (exact) mass is 260 g/mol. The van der Waals surface area contributed by atoms with Crippen LogP contribution in [0.3, 0.4) is 0 Å². The highest BCUT2D eigenvalue weighted by Crippen LogP contribution is 2.45. The summed E-state index contributed by atoms with van der Waals surface area (Å²) in [6, 6.07) is 8.17. The highest BCUT2D eigenvalue weighted by atomic mass is 32.1. The predicted molar refractivity (Wildman–Crippen MR) is 74.3 cm³/mol. The number of rotatable bonds is 0. The Morgan fingerprint density at radius 2 is 1.83 bits per heavy atom. The summed E-state index contributed by atoms with van der Waals surface area (Å²) in [5.41, 5.74) is 1.76. The Balaban J connectivity index is 2.22. The van der Waals surface area contributed by atoms with Crippen molar-refractivity contribution < 1.29 is 4.79 Å². The SMILES string of the molecule is CC1(C)CCC2(NC(=S)NC2=O)c2ccccc21. The van der Waals surface area contributed by atoms with Crippen molar-refractivity contribution >= 4 is 23.2 Å². The van der Waals surface area contributed by atoms with Gasteiger partial charge in [-0.25, -0.2) is 0 Å². The first-order chi connectivity index (χ1) is 8.46. The maximum absolute atomic E-state index is 12.3. The summed E-state index contributed by atoms with van der Waals surface area (Å²) in [4.78, 5) is 12.3. The lowest BCUT2D eigenvalue weighted by molar-refractivity contribution is -0.125. The third-order valence-corrected chi connectivity index (χ3v) is 4.39. The molecule has 4 heteroatoms. The van der Waals surface area contributed by atoms with Crippen LogP contribution >= 0.6 is 12.2 Å². The lowest BCUT2D eigenvalue weighted by atomic mass is 9.65. The molecule has 0 bridgehead atoms. The number of carbonyl (C=O) groups excluding carboxylic acids is 1. The molecule has 1 aromatic carbocycles. The van der Waals surface area contributed by atoms with Gasteiger partial charge in [-0.3, -0.25) is 4.79 Å². The van der Waals surface area contributed by atoms with Gasteiger partial charge in [-0.1, -0.05) is 38.1 Å². The van der Waals surface area contributed by atoms with Crippen molar-refractivity contribution in [2.75, 3.05) is 0 Å². The van der Waals surface area contributed by atoms with Crippen LogP contribution in [0.5, 0.6) is 0 Å². The third kappa shape index (κ3) is 1.42. The summed E-state index contributed by atoms with van der Waals surface area (Å²) < 4.78 is 0. The average Bonchev–Trinajstić information content (AvgIpc) is 2.61. The van der Waals surface area contributed by atoms with Gasteiger partial charge in [0.05, 0.1) is 0 Å². The normalized spacial score (nSPS) is 28.8. The second-order valence-electron chi connectivity index (χ2n) is 5.74. The number of hydrogen-bond acceptors (Lipinski definition) is 2. The first-order valence-corrected chi connectivity index (χ1v) is 6.60. The number of benzene rings is 1. The molecule has 1 amide bonds. The molecule has 1 aliphatic carbocycles. The predicted octanol–water partition coefficient (Wildman–Crippen LogP) is 1.96. The summed E-state index contributed by atoms with van der Waals surface area (Å²) in [5.74, 6) is -0.0181. The van der Waals surface area contributed by atoms with Crippen molar-refractivity contribution in [1.82, 2.24) is 10.6 Å². The molecule has 3 nitrogen and oxygen atoms in total. The van der Waals surface area contributed by atoms with E-state index in [-0.39, 0.29) is 11.3 Å². The number of hydrogen-bond donors (Lipinski definition) is 2. The van der Waals surface area contributed by atoms with E-state index in [9.17, 15) is 4.79 Å².